The number of hydrogen-bond acceptors (Lipinski definition) is 2. The van der Waals surface area contributed by atoms with Crippen molar-refractivity contribution in [1.29, 1.82) is 0 Å². The van der Waals surface area contributed by atoms with Crippen LogP contribution in [-0.4, -0.2) is 31.0 Å². The first-order valence-corrected chi connectivity index (χ1v) is 9.36. The first kappa shape index (κ1) is 17.3. The Hall–Kier alpha value is -3.07. The summed E-state index contributed by atoms with van der Waals surface area (Å²) in [5, 5.41) is 2.50. The number of benzene rings is 3. The van der Waals surface area contributed by atoms with Crippen molar-refractivity contribution in [3.05, 3.63) is 83.4 Å². The molecular weight excluding hydrogens is 334 g/mol. The van der Waals surface area contributed by atoms with Gasteiger partial charge in [0, 0.05) is 26.1 Å². The predicted molar refractivity (Wildman–Crippen MR) is 110 cm³/mol. The van der Waals surface area contributed by atoms with Crippen molar-refractivity contribution < 1.29 is 9.53 Å². The number of carbonyl (C=O) groups excluding carboxylic acids is 1. The van der Waals surface area contributed by atoms with Gasteiger partial charge >= 0.3 is 0 Å². The third kappa shape index (κ3) is 3.87. The molecule has 3 heteroatoms. The van der Waals surface area contributed by atoms with Gasteiger partial charge in [-0.2, -0.15) is 0 Å². The molecule has 1 aliphatic rings. The first-order valence-electron chi connectivity index (χ1n) is 9.36. The zero-order valence-electron chi connectivity index (χ0n) is 15.5. The van der Waals surface area contributed by atoms with Gasteiger partial charge in [-0.15, -0.1) is 0 Å². The Balaban J connectivity index is 1.39. The summed E-state index contributed by atoms with van der Waals surface area (Å²) in [6, 6.07) is 20.8. The number of rotatable bonds is 5. The van der Waals surface area contributed by atoms with Gasteiger partial charge in [-0.25, -0.2) is 0 Å². The van der Waals surface area contributed by atoms with E-state index in [1.807, 2.05) is 25.3 Å². The summed E-state index contributed by atoms with van der Waals surface area (Å²) < 4.78 is 5.52. The molecule has 0 aliphatic carbocycles. The lowest BCUT2D eigenvalue weighted by Gasteiger charge is -2.16. The molecule has 1 amide bonds. The molecule has 0 bridgehead atoms. The number of likely N-dealkylation sites (N-methyl/N-ethyl adjacent to an activating group) is 1. The lowest BCUT2D eigenvalue weighted by molar-refractivity contribution is -0.124. The van der Waals surface area contributed by atoms with E-state index in [2.05, 4.69) is 48.5 Å². The van der Waals surface area contributed by atoms with Crippen LogP contribution in [0.25, 0.3) is 16.8 Å². The molecule has 1 heterocycles. The van der Waals surface area contributed by atoms with Gasteiger partial charge in [0.25, 0.3) is 0 Å². The normalized spacial score (nSPS) is 12.9. The number of carbonyl (C=O) groups is 1. The highest BCUT2D eigenvalue weighted by molar-refractivity contribution is 5.91. The summed E-state index contributed by atoms with van der Waals surface area (Å²) in [4.78, 5) is 14.2. The van der Waals surface area contributed by atoms with Crippen LogP contribution in [0.5, 0.6) is 5.75 Å². The average molecular weight is 357 g/mol. The molecule has 4 rings (SSSR count). The molecule has 3 nitrogen and oxygen atoms in total. The van der Waals surface area contributed by atoms with Crippen LogP contribution in [0.3, 0.4) is 0 Å². The standard InChI is InChI=1S/C24H23NO2/c1-25(15-13-20-7-4-6-19-5-2-3-8-22(19)20)24(26)12-10-18-9-11-23-21(17-18)14-16-27-23/h2-12,17H,13-16H2,1H3/b12-10+. The van der Waals surface area contributed by atoms with Crippen LogP contribution in [0.15, 0.2) is 66.7 Å². The SMILES string of the molecule is CN(CCc1cccc2ccccc12)C(=O)/C=C/c1ccc2c(c1)CCO2. The molecule has 0 atom stereocenters. The molecule has 136 valence electrons. The fraction of sp³-hybridized carbons (Fsp3) is 0.208. The topological polar surface area (TPSA) is 29.5 Å². The Labute approximate surface area is 159 Å². The van der Waals surface area contributed by atoms with Crippen LogP contribution in [0, 0.1) is 0 Å². The van der Waals surface area contributed by atoms with Crippen molar-refractivity contribution in [2.75, 3.05) is 20.2 Å². The molecule has 0 saturated heterocycles. The van der Waals surface area contributed by atoms with Crippen LogP contribution >= 0.6 is 0 Å². The highest BCUT2D eigenvalue weighted by atomic mass is 16.5. The Bertz CT molecular complexity index is 1000. The number of ether oxygens (including phenoxy) is 1. The van der Waals surface area contributed by atoms with E-state index in [-0.39, 0.29) is 5.91 Å². The van der Waals surface area contributed by atoms with Crippen molar-refractivity contribution in [1.82, 2.24) is 4.90 Å². The second kappa shape index (κ2) is 7.67. The minimum absolute atomic E-state index is 0.0204. The van der Waals surface area contributed by atoms with Crippen molar-refractivity contribution in [3.8, 4) is 5.75 Å². The number of fused-ring (bicyclic) bond motifs is 2. The summed E-state index contributed by atoms with van der Waals surface area (Å²) in [5.41, 5.74) is 3.53. The predicted octanol–water partition coefficient (Wildman–Crippen LogP) is 4.49. The summed E-state index contributed by atoms with van der Waals surface area (Å²) in [5.74, 6) is 0.984. The molecule has 0 radical (unpaired) electrons. The van der Waals surface area contributed by atoms with E-state index in [0.29, 0.717) is 6.54 Å². The number of hydrogen-bond donors (Lipinski definition) is 0. The summed E-state index contributed by atoms with van der Waals surface area (Å²) in [7, 11) is 1.86. The molecule has 0 unspecified atom stereocenters. The Morgan fingerprint density at radius 3 is 2.89 bits per heavy atom. The van der Waals surface area contributed by atoms with Crippen LogP contribution in [0.1, 0.15) is 16.7 Å². The smallest absolute Gasteiger partial charge is 0.246 e. The van der Waals surface area contributed by atoms with E-state index in [0.717, 1.165) is 30.8 Å². The van der Waals surface area contributed by atoms with E-state index in [4.69, 9.17) is 4.74 Å². The highest BCUT2D eigenvalue weighted by Crippen LogP contribution is 2.26. The molecule has 0 fully saturated rings. The molecular formula is C24H23NO2. The van der Waals surface area contributed by atoms with E-state index in [9.17, 15) is 4.79 Å². The molecule has 3 aromatic carbocycles. The van der Waals surface area contributed by atoms with Gasteiger partial charge in [-0.05, 0) is 52.1 Å². The highest BCUT2D eigenvalue weighted by Gasteiger charge is 2.11. The zero-order chi connectivity index (χ0) is 18.6. The molecule has 0 N–H and O–H groups in total. The van der Waals surface area contributed by atoms with E-state index >= 15 is 0 Å². The number of nitrogens with zero attached hydrogens (tertiary/aromatic N) is 1. The zero-order valence-corrected chi connectivity index (χ0v) is 15.5. The van der Waals surface area contributed by atoms with Gasteiger partial charge < -0.3 is 9.64 Å². The minimum Gasteiger partial charge on any atom is -0.493 e. The van der Waals surface area contributed by atoms with Gasteiger partial charge in [0.15, 0.2) is 0 Å². The summed E-state index contributed by atoms with van der Waals surface area (Å²) in [6.07, 6.45) is 5.32. The lowest BCUT2D eigenvalue weighted by atomic mass is 10.0. The summed E-state index contributed by atoms with van der Waals surface area (Å²) in [6.45, 7) is 1.44. The van der Waals surface area contributed by atoms with Gasteiger partial charge in [-0.1, -0.05) is 48.5 Å². The third-order valence-corrected chi connectivity index (χ3v) is 5.10. The Morgan fingerprint density at radius 1 is 1.11 bits per heavy atom. The summed E-state index contributed by atoms with van der Waals surface area (Å²) >= 11 is 0. The fourth-order valence-electron chi connectivity index (χ4n) is 3.51. The van der Waals surface area contributed by atoms with Crippen molar-refractivity contribution in [3.63, 3.8) is 0 Å². The van der Waals surface area contributed by atoms with Crippen LogP contribution in [-0.2, 0) is 17.6 Å². The minimum atomic E-state index is 0.0204. The van der Waals surface area contributed by atoms with E-state index in [1.165, 1.54) is 21.9 Å². The Morgan fingerprint density at radius 2 is 1.96 bits per heavy atom. The second-order valence-electron chi connectivity index (χ2n) is 6.95. The van der Waals surface area contributed by atoms with Crippen molar-refractivity contribution in [2.45, 2.75) is 12.8 Å². The Kier molecular flexibility index (Phi) is 4.93. The molecule has 27 heavy (non-hydrogen) atoms. The van der Waals surface area contributed by atoms with E-state index < -0.39 is 0 Å². The van der Waals surface area contributed by atoms with E-state index in [1.54, 1.807) is 11.0 Å². The maximum Gasteiger partial charge on any atom is 0.246 e. The van der Waals surface area contributed by atoms with Crippen LogP contribution < -0.4 is 4.74 Å². The van der Waals surface area contributed by atoms with Gasteiger partial charge in [0.2, 0.25) is 5.91 Å². The number of amides is 1. The van der Waals surface area contributed by atoms with Crippen LogP contribution in [0.4, 0.5) is 0 Å². The van der Waals surface area contributed by atoms with Gasteiger partial charge in [0.05, 0.1) is 6.61 Å². The lowest BCUT2D eigenvalue weighted by Crippen LogP contribution is -2.27. The van der Waals surface area contributed by atoms with Crippen molar-refractivity contribution in [2.24, 2.45) is 0 Å². The quantitative estimate of drug-likeness (QED) is 0.630. The van der Waals surface area contributed by atoms with Crippen LogP contribution in [0.2, 0.25) is 0 Å². The molecule has 1 aliphatic heterocycles. The molecule has 0 saturated carbocycles. The maximum atomic E-state index is 12.4. The average Bonchev–Trinajstić information content (AvgIpc) is 3.18. The largest absolute Gasteiger partial charge is 0.493 e. The molecule has 0 spiro atoms. The first-order chi connectivity index (χ1) is 13.2. The van der Waals surface area contributed by atoms with Crippen molar-refractivity contribution >= 4 is 22.8 Å². The third-order valence-electron chi connectivity index (χ3n) is 5.10. The molecule has 0 aromatic heterocycles. The van der Waals surface area contributed by atoms with Gasteiger partial charge in [0.1, 0.15) is 5.75 Å². The fourth-order valence-corrected chi connectivity index (χ4v) is 3.51. The maximum absolute atomic E-state index is 12.4. The second-order valence-corrected chi connectivity index (χ2v) is 6.95. The molecule has 3 aromatic rings. The monoisotopic (exact) mass is 357 g/mol. The van der Waals surface area contributed by atoms with Gasteiger partial charge in [-0.3, -0.25) is 4.79 Å².